The van der Waals surface area contributed by atoms with Gasteiger partial charge in [0.05, 0.1) is 30.1 Å². The molecule has 2 saturated heterocycles. The summed E-state index contributed by atoms with van der Waals surface area (Å²) >= 11 is 0. The van der Waals surface area contributed by atoms with Crippen molar-refractivity contribution in [3.8, 4) is 0 Å². The van der Waals surface area contributed by atoms with Gasteiger partial charge in [0.15, 0.2) is 0 Å². The maximum absolute atomic E-state index is 5.96. The van der Waals surface area contributed by atoms with Gasteiger partial charge in [-0.15, -0.1) is 0 Å². The van der Waals surface area contributed by atoms with Gasteiger partial charge in [0.1, 0.15) is 0 Å². The molecule has 0 N–H and O–H groups in total. The highest BCUT2D eigenvalue weighted by Gasteiger charge is 2.49. The van der Waals surface area contributed by atoms with Gasteiger partial charge in [-0.25, -0.2) is 0 Å². The molecule has 0 aromatic carbocycles. The minimum absolute atomic E-state index is 0.303. The van der Waals surface area contributed by atoms with Crippen molar-refractivity contribution in [3.63, 3.8) is 0 Å². The molecule has 1 aromatic rings. The van der Waals surface area contributed by atoms with Crippen LogP contribution in [0.1, 0.15) is 39.0 Å². The maximum Gasteiger partial charge on any atom is 0.487 e. The third kappa shape index (κ3) is 4.06. The van der Waals surface area contributed by atoms with E-state index in [1.165, 1.54) is 0 Å². The van der Waals surface area contributed by atoms with Crippen molar-refractivity contribution < 1.29 is 14.0 Å². The molecule has 0 aliphatic carbocycles. The van der Waals surface area contributed by atoms with Gasteiger partial charge in [0, 0.05) is 25.8 Å². The Morgan fingerprint density at radius 3 is 2.38 bits per heavy atom. The van der Waals surface area contributed by atoms with Gasteiger partial charge in [-0.05, 0) is 39.3 Å². The van der Waals surface area contributed by atoms with E-state index in [9.17, 15) is 0 Å². The van der Waals surface area contributed by atoms with Crippen LogP contribution in [0.15, 0.2) is 24.3 Å². The standard InChI is InChI=1S/C18H27BN2O3/c1-17(2)18(3,4)24-19(23-17)8-7-15-5-6-16(20-13-15)14-21-9-11-22-12-10-21/h5-8,13H,9-12,14H2,1-4H3/b8-7+. The van der Waals surface area contributed by atoms with Crippen molar-refractivity contribution in [2.24, 2.45) is 0 Å². The molecule has 130 valence electrons. The molecule has 5 nitrogen and oxygen atoms in total. The van der Waals surface area contributed by atoms with Crippen LogP contribution in [-0.4, -0.2) is 54.5 Å². The molecule has 0 atom stereocenters. The number of rotatable bonds is 4. The van der Waals surface area contributed by atoms with Crippen LogP contribution in [0.3, 0.4) is 0 Å². The molecule has 0 bridgehead atoms. The number of hydrogen-bond acceptors (Lipinski definition) is 5. The molecule has 3 heterocycles. The summed E-state index contributed by atoms with van der Waals surface area (Å²) in [4.78, 5) is 6.93. The van der Waals surface area contributed by atoms with Crippen molar-refractivity contribution in [2.45, 2.75) is 45.4 Å². The van der Waals surface area contributed by atoms with E-state index in [1.807, 2.05) is 18.2 Å². The molecule has 1 aromatic heterocycles. The van der Waals surface area contributed by atoms with Gasteiger partial charge >= 0.3 is 7.12 Å². The lowest BCUT2D eigenvalue weighted by atomic mass is 9.89. The quantitative estimate of drug-likeness (QED) is 0.794. The lowest BCUT2D eigenvalue weighted by Gasteiger charge is -2.32. The summed E-state index contributed by atoms with van der Waals surface area (Å²) in [5, 5.41) is 0. The maximum atomic E-state index is 5.96. The lowest BCUT2D eigenvalue weighted by molar-refractivity contribution is 0.00578. The zero-order chi connectivity index (χ0) is 17.2. The predicted octanol–water partition coefficient (Wildman–Crippen LogP) is 2.56. The molecule has 24 heavy (non-hydrogen) atoms. The summed E-state index contributed by atoms with van der Waals surface area (Å²) in [6.07, 6.45) is 3.91. The highest BCUT2D eigenvalue weighted by Crippen LogP contribution is 2.36. The normalized spacial score (nSPS) is 23.9. The molecule has 6 heteroatoms. The Hall–Kier alpha value is -1.21. The molecular formula is C18H27BN2O3. The highest BCUT2D eigenvalue weighted by molar-refractivity contribution is 6.52. The van der Waals surface area contributed by atoms with Crippen LogP contribution >= 0.6 is 0 Å². The zero-order valence-electron chi connectivity index (χ0n) is 15.1. The summed E-state index contributed by atoms with van der Waals surface area (Å²) in [6, 6.07) is 4.17. The second-order valence-electron chi connectivity index (χ2n) is 7.46. The Balaban J connectivity index is 1.56. The minimum atomic E-state index is -0.317. The predicted molar refractivity (Wildman–Crippen MR) is 95.4 cm³/mol. The van der Waals surface area contributed by atoms with Crippen molar-refractivity contribution in [2.75, 3.05) is 26.3 Å². The third-order valence-corrected chi connectivity index (χ3v) is 5.05. The molecule has 0 saturated carbocycles. The summed E-state index contributed by atoms with van der Waals surface area (Å²) in [5.41, 5.74) is 1.53. The van der Waals surface area contributed by atoms with Crippen LogP contribution in [-0.2, 0) is 20.6 Å². The van der Waals surface area contributed by atoms with E-state index in [2.05, 4.69) is 49.7 Å². The van der Waals surface area contributed by atoms with E-state index in [1.54, 1.807) is 0 Å². The fraction of sp³-hybridized carbons (Fsp3) is 0.611. The Morgan fingerprint density at radius 1 is 1.12 bits per heavy atom. The van der Waals surface area contributed by atoms with Crippen molar-refractivity contribution in [1.29, 1.82) is 0 Å². The average molecular weight is 330 g/mol. The van der Waals surface area contributed by atoms with E-state index in [-0.39, 0.29) is 18.3 Å². The van der Waals surface area contributed by atoms with E-state index in [4.69, 9.17) is 14.0 Å². The van der Waals surface area contributed by atoms with Gasteiger partial charge in [0.2, 0.25) is 0 Å². The minimum Gasteiger partial charge on any atom is -0.400 e. The Labute approximate surface area is 145 Å². The summed E-state index contributed by atoms with van der Waals surface area (Å²) in [6.45, 7) is 12.7. The first-order chi connectivity index (χ1) is 11.4. The van der Waals surface area contributed by atoms with E-state index < -0.39 is 0 Å². The zero-order valence-corrected chi connectivity index (χ0v) is 15.1. The molecule has 0 spiro atoms. The summed E-state index contributed by atoms with van der Waals surface area (Å²) < 4.78 is 17.3. The van der Waals surface area contributed by atoms with Crippen molar-refractivity contribution in [1.82, 2.24) is 9.88 Å². The van der Waals surface area contributed by atoms with E-state index >= 15 is 0 Å². The van der Waals surface area contributed by atoms with Crippen molar-refractivity contribution >= 4 is 13.2 Å². The molecule has 0 unspecified atom stereocenters. The number of pyridine rings is 1. The third-order valence-electron chi connectivity index (χ3n) is 5.05. The second-order valence-corrected chi connectivity index (χ2v) is 7.46. The second kappa shape index (κ2) is 6.96. The number of nitrogens with zero attached hydrogens (tertiary/aromatic N) is 2. The van der Waals surface area contributed by atoms with Gasteiger partial charge in [-0.1, -0.05) is 18.1 Å². The summed E-state index contributed by atoms with van der Waals surface area (Å²) in [5.74, 6) is 1.95. The number of aromatic nitrogens is 1. The van der Waals surface area contributed by atoms with E-state index in [0.29, 0.717) is 0 Å². The Kier molecular flexibility index (Phi) is 5.11. The molecular weight excluding hydrogens is 303 g/mol. The summed E-state index contributed by atoms with van der Waals surface area (Å²) in [7, 11) is -0.317. The Morgan fingerprint density at radius 2 is 1.79 bits per heavy atom. The monoisotopic (exact) mass is 330 g/mol. The molecule has 2 aliphatic rings. The molecule has 0 amide bonds. The van der Waals surface area contributed by atoms with Crippen LogP contribution in [0.25, 0.3) is 6.08 Å². The van der Waals surface area contributed by atoms with Gasteiger partial charge in [-0.3, -0.25) is 9.88 Å². The van der Waals surface area contributed by atoms with Gasteiger partial charge in [-0.2, -0.15) is 0 Å². The van der Waals surface area contributed by atoms with Crippen LogP contribution in [0.5, 0.6) is 0 Å². The lowest BCUT2D eigenvalue weighted by Crippen LogP contribution is -2.41. The fourth-order valence-corrected chi connectivity index (χ4v) is 2.77. The molecule has 3 rings (SSSR count). The molecule has 2 aliphatic heterocycles. The Bertz CT molecular complexity index is 564. The van der Waals surface area contributed by atoms with Gasteiger partial charge < -0.3 is 14.0 Å². The number of ether oxygens (including phenoxy) is 1. The van der Waals surface area contributed by atoms with E-state index in [0.717, 1.165) is 44.1 Å². The number of hydrogen-bond donors (Lipinski definition) is 0. The first-order valence-electron chi connectivity index (χ1n) is 8.65. The number of morpholine rings is 1. The first kappa shape index (κ1) is 17.6. The van der Waals surface area contributed by atoms with Gasteiger partial charge in [0.25, 0.3) is 0 Å². The largest absolute Gasteiger partial charge is 0.487 e. The SMILES string of the molecule is CC1(C)OB(/C=C/c2ccc(CN3CCOCC3)nc2)OC1(C)C. The molecule has 0 radical (unpaired) electrons. The molecule has 2 fully saturated rings. The first-order valence-corrected chi connectivity index (χ1v) is 8.65. The van der Waals surface area contributed by atoms with Crippen LogP contribution in [0, 0.1) is 0 Å². The topological polar surface area (TPSA) is 43.8 Å². The fourth-order valence-electron chi connectivity index (χ4n) is 2.77. The van der Waals surface area contributed by atoms with Crippen LogP contribution in [0.2, 0.25) is 0 Å². The van der Waals surface area contributed by atoms with Crippen LogP contribution in [0.4, 0.5) is 0 Å². The average Bonchev–Trinajstić information content (AvgIpc) is 2.75. The van der Waals surface area contributed by atoms with Crippen LogP contribution < -0.4 is 0 Å². The van der Waals surface area contributed by atoms with Crippen molar-refractivity contribution in [3.05, 3.63) is 35.6 Å². The smallest absolute Gasteiger partial charge is 0.400 e. The highest BCUT2D eigenvalue weighted by atomic mass is 16.7.